The zero-order valence-corrected chi connectivity index (χ0v) is 18.3. The van der Waals surface area contributed by atoms with Crippen LogP contribution in [0.2, 0.25) is 0 Å². The molecule has 0 saturated carbocycles. The smallest absolute Gasteiger partial charge is 0.254 e. The Labute approximate surface area is 185 Å². The number of amides is 2. The summed E-state index contributed by atoms with van der Waals surface area (Å²) in [6.07, 6.45) is 10.5. The van der Waals surface area contributed by atoms with Crippen LogP contribution < -0.4 is 0 Å². The summed E-state index contributed by atoms with van der Waals surface area (Å²) in [4.78, 5) is 32.8. The van der Waals surface area contributed by atoms with Gasteiger partial charge in [0.2, 0.25) is 5.91 Å². The lowest BCUT2D eigenvalue weighted by Crippen LogP contribution is -2.60. The zero-order valence-electron chi connectivity index (χ0n) is 18.3. The molecule has 164 valence electrons. The summed E-state index contributed by atoms with van der Waals surface area (Å²) in [5, 5.41) is 0. The normalized spacial score (nSPS) is 32.3. The first-order chi connectivity index (χ1) is 15.2. The van der Waals surface area contributed by atoms with E-state index >= 15 is 0 Å². The summed E-state index contributed by atoms with van der Waals surface area (Å²) in [5.41, 5.74) is 3.42. The first kappa shape index (κ1) is 19.5. The van der Waals surface area contributed by atoms with Crippen molar-refractivity contribution in [3.63, 3.8) is 0 Å². The van der Waals surface area contributed by atoms with Gasteiger partial charge in [-0.15, -0.1) is 0 Å². The molecule has 2 amide bonds. The van der Waals surface area contributed by atoms with Crippen LogP contribution in [0, 0.1) is 11.8 Å². The van der Waals surface area contributed by atoms with Crippen LogP contribution in [0.1, 0.15) is 60.9 Å². The van der Waals surface area contributed by atoms with Crippen molar-refractivity contribution >= 4 is 11.8 Å². The van der Waals surface area contributed by atoms with E-state index in [1.54, 1.807) is 0 Å². The van der Waals surface area contributed by atoms with Crippen molar-refractivity contribution in [3.05, 3.63) is 47.0 Å². The van der Waals surface area contributed by atoms with E-state index in [-0.39, 0.29) is 11.8 Å². The number of carbonyl (C=O) groups excluding carboxylic acids is 2. The van der Waals surface area contributed by atoms with Crippen molar-refractivity contribution < 1.29 is 9.59 Å². The average molecular weight is 420 g/mol. The van der Waals surface area contributed by atoms with Crippen LogP contribution in [0.15, 0.2) is 35.9 Å². The highest BCUT2D eigenvalue weighted by Gasteiger charge is 2.46. The Balaban J connectivity index is 1.15. The van der Waals surface area contributed by atoms with Crippen LogP contribution >= 0.6 is 0 Å². The molecule has 4 atom stereocenters. The molecule has 0 spiro atoms. The highest BCUT2D eigenvalue weighted by atomic mass is 16.2. The fraction of sp³-hybridized carbons (Fsp3) is 0.615. The Hall–Kier alpha value is -2.14. The second-order valence-electron chi connectivity index (χ2n) is 10.2. The van der Waals surface area contributed by atoms with E-state index in [4.69, 9.17) is 0 Å². The van der Waals surface area contributed by atoms with Gasteiger partial charge in [-0.1, -0.05) is 36.3 Å². The first-order valence-corrected chi connectivity index (χ1v) is 12.3. The third-order valence-electron chi connectivity index (χ3n) is 8.47. The van der Waals surface area contributed by atoms with Gasteiger partial charge >= 0.3 is 0 Å². The summed E-state index contributed by atoms with van der Waals surface area (Å²) in [5.74, 6) is 1.59. The number of benzene rings is 1. The monoisotopic (exact) mass is 419 g/mol. The zero-order chi connectivity index (χ0) is 20.9. The predicted molar refractivity (Wildman–Crippen MR) is 119 cm³/mol. The summed E-state index contributed by atoms with van der Waals surface area (Å²) in [6.45, 7) is 4.43. The number of hydrogen-bond acceptors (Lipinski definition) is 3. The van der Waals surface area contributed by atoms with Gasteiger partial charge in [0.15, 0.2) is 0 Å². The molecule has 5 nitrogen and oxygen atoms in total. The lowest BCUT2D eigenvalue weighted by atomic mass is 9.68. The summed E-state index contributed by atoms with van der Waals surface area (Å²) >= 11 is 0. The van der Waals surface area contributed by atoms with Crippen molar-refractivity contribution in [1.82, 2.24) is 14.7 Å². The van der Waals surface area contributed by atoms with Crippen LogP contribution in [0.3, 0.4) is 0 Å². The van der Waals surface area contributed by atoms with E-state index in [0.29, 0.717) is 37.4 Å². The van der Waals surface area contributed by atoms with Crippen molar-refractivity contribution in [2.24, 2.45) is 11.8 Å². The van der Waals surface area contributed by atoms with Crippen LogP contribution in [0.5, 0.6) is 0 Å². The van der Waals surface area contributed by atoms with Crippen molar-refractivity contribution in [1.29, 1.82) is 0 Å². The molecular weight excluding hydrogens is 386 g/mol. The SMILES string of the molecule is O=C1c2ccccc2CN1CCC(=O)N1CCCC2=C[C@H]3C[C@@H](CN4CCCC[C@H]34)[C@H]21. The molecule has 3 saturated heterocycles. The van der Waals surface area contributed by atoms with Crippen molar-refractivity contribution in [2.75, 3.05) is 26.2 Å². The summed E-state index contributed by atoms with van der Waals surface area (Å²) < 4.78 is 0. The number of rotatable bonds is 3. The van der Waals surface area contributed by atoms with E-state index in [1.807, 2.05) is 29.2 Å². The van der Waals surface area contributed by atoms with E-state index in [9.17, 15) is 9.59 Å². The van der Waals surface area contributed by atoms with Crippen LogP contribution in [0.25, 0.3) is 0 Å². The third kappa shape index (κ3) is 3.32. The van der Waals surface area contributed by atoms with Gasteiger partial charge in [-0.2, -0.15) is 0 Å². The summed E-state index contributed by atoms with van der Waals surface area (Å²) in [6, 6.07) is 8.86. The van der Waals surface area contributed by atoms with Crippen LogP contribution in [-0.2, 0) is 11.3 Å². The predicted octanol–water partition coefficient (Wildman–Crippen LogP) is 3.45. The van der Waals surface area contributed by atoms with E-state index in [0.717, 1.165) is 43.1 Å². The minimum Gasteiger partial charge on any atom is -0.336 e. The maximum atomic E-state index is 13.4. The molecule has 3 fully saturated rings. The number of carbonyl (C=O) groups is 2. The maximum absolute atomic E-state index is 13.4. The van der Waals surface area contributed by atoms with Crippen molar-refractivity contribution in [3.8, 4) is 0 Å². The molecule has 1 aromatic carbocycles. The molecule has 5 heteroatoms. The standard InChI is InChI=1S/C26H33N3O2/c30-24(10-13-28-16-19-6-1-2-8-22(19)26(28)31)29-12-5-7-18-14-20-15-21(25(18)29)17-27-11-4-3-9-23(20)27/h1-2,6,8,14,20-21,23,25H,3-5,7,9-13,15-17H2/t20-,21-,23+,25-/m0/s1. The molecule has 1 aromatic rings. The molecule has 0 radical (unpaired) electrons. The average Bonchev–Trinajstić information content (AvgIpc) is 3.13. The molecule has 31 heavy (non-hydrogen) atoms. The highest BCUT2D eigenvalue weighted by Crippen LogP contribution is 2.45. The molecular formula is C26H33N3O2. The minimum absolute atomic E-state index is 0.0755. The van der Waals surface area contributed by atoms with Gasteiger partial charge in [0.25, 0.3) is 5.91 Å². The second kappa shape index (κ2) is 7.77. The second-order valence-corrected chi connectivity index (χ2v) is 10.2. The molecule has 6 rings (SSSR count). The van der Waals surface area contributed by atoms with Gasteiger partial charge < -0.3 is 9.80 Å². The Kier molecular flexibility index (Phi) is 4.90. The fourth-order valence-electron chi connectivity index (χ4n) is 7.12. The van der Waals surface area contributed by atoms with Gasteiger partial charge in [-0.25, -0.2) is 0 Å². The Morgan fingerprint density at radius 3 is 2.90 bits per heavy atom. The fourth-order valence-corrected chi connectivity index (χ4v) is 7.12. The quantitative estimate of drug-likeness (QED) is 0.705. The number of piperidine rings is 3. The largest absolute Gasteiger partial charge is 0.336 e. The van der Waals surface area contributed by atoms with Gasteiger partial charge in [-0.05, 0) is 62.1 Å². The lowest BCUT2D eigenvalue weighted by Gasteiger charge is -2.54. The van der Waals surface area contributed by atoms with E-state index < -0.39 is 0 Å². The van der Waals surface area contributed by atoms with Crippen molar-refractivity contribution in [2.45, 2.75) is 63.6 Å². The lowest BCUT2D eigenvalue weighted by molar-refractivity contribution is -0.136. The van der Waals surface area contributed by atoms with Crippen LogP contribution in [0.4, 0.5) is 0 Å². The molecule has 0 N–H and O–H groups in total. The van der Waals surface area contributed by atoms with E-state index in [2.05, 4.69) is 15.9 Å². The maximum Gasteiger partial charge on any atom is 0.254 e. The highest BCUT2D eigenvalue weighted by molar-refractivity contribution is 5.98. The molecule has 2 bridgehead atoms. The van der Waals surface area contributed by atoms with E-state index in [1.165, 1.54) is 37.8 Å². The topological polar surface area (TPSA) is 43.9 Å². The Morgan fingerprint density at radius 2 is 2.00 bits per heavy atom. The molecule has 4 aliphatic heterocycles. The van der Waals surface area contributed by atoms with Crippen LogP contribution in [-0.4, -0.2) is 64.8 Å². The minimum atomic E-state index is 0.0755. The number of fused-ring (bicyclic) bond motifs is 7. The number of nitrogens with zero attached hydrogens (tertiary/aromatic N) is 3. The molecule has 5 aliphatic rings. The molecule has 4 heterocycles. The van der Waals surface area contributed by atoms with Gasteiger partial charge in [-0.3, -0.25) is 14.5 Å². The van der Waals surface area contributed by atoms with Gasteiger partial charge in [0.1, 0.15) is 0 Å². The Bertz CT molecular complexity index is 925. The first-order valence-electron chi connectivity index (χ1n) is 12.3. The molecule has 0 aromatic heterocycles. The van der Waals surface area contributed by atoms with Gasteiger partial charge in [0.05, 0.1) is 6.04 Å². The molecule has 0 unspecified atom stereocenters. The number of hydrogen-bond donors (Lipinski definition) is 0. The summed E-state index contributed by atoms with van der Waals surface area (Å²) in [7, 11) is 0. The molecule has 1 aliphatic carbocycles. The van der Waals surface area contributed by atoms with Gasteiger partial charge in [0, 0.05) is 44.2 Å². The Morgan fingerprint density at radius 1 is 1.10 bits per heavy atom. The third-order valence-corrected chi connectivity index (χ3v) is 8.47. The number of likely N-dealkylation sites (tertiary alicyclic amines) is 1.